The molecular formula is C24H16F2N2. The summed E-state index contributed by atoms with van der Waals surface area (Å²) < 4.78 is 26.7. The van der Waals surface area contributed by atoms with Crippen LogP contribution in [0.25, 0.3) is 10.8 Å². The first-order valence-electron chi connectivity index (χ1n) is 8.80. The van der Waals surface area contributed by atoms with Gasteiger partial charge in [-0.2, -0.15) is 0 Å². The molecule has 0 spiro atoms. The normalized spacial score (nSPS) is 11.6. The van der Waals surface area contributed by atoms with Gasteiger partial charge < -0.3 is 0 Å². The second-order valence-corrected chi connectivity index (χ2v) is 6.28. The van der Waals surface area contributed by atoms with Gasteiger partial charge in [0.1, 0.15) is 11.6 Å². The largest absolute Gasteiger partial charge is 0.256 e. The molecule has 4 aromatic rings. The molecule has 2 nitrogen and oxygen atoms in total. The molecule has 0 unspecified atom stereocenters. The third-order valence-electron chi connectivity index (χ3n) is 4.28. The van der Waals surface area contributed by atoms with Crippen LogP contribution in [0.3, 0.4) is 0 Å². The van der Waals surface area contributed by atoms with E-state index < -0.39 is 0 Å². The molecule has 28 heavy (non-hydrogen) atoms. The van der Waals surface area contributed by atoms with Gasteiger partial charge >= 0.3 is 0 Å². The maximum atomic E-state index is 13.3. The van der Waals surface area contributed by atoms with Crippen LogP contribution >= 0.6 is 0 Å². The number of fused-ring (bicyclic) bond motifs is 1. The highest BCUT2D eigenvalue weighted by molar-refractivity contribution is 6.02. The van der Waals surface area contributed by atoms with Crippen molar-refractivity contribution >= 4 is 34.6 Å². The van der Waals surface area contributed by atoms with E-state index in [4.69, 9.17) is 0 Å². The van der Waals surface area contributed by atoms with Crippen molar-refractivity contribution in [3.05, 3.63) is 108 Å². The molecule has 0 radical (unpaired) electrons. The lowest BCUT2D eigenvalue weighted by Crippen LogP contribution is -1.84. The molecule has 0 aliphatic rings. The Bertz CT molecular complexity index is 1100. The molecular weight excluding hydrogens is 354 g/mol. The second kappa shape index (κ2) is 7.92. The smallest absolute Gasteiger partial charge is 0.123 e. The Hall–Kier alpha value is -3.66. The van der Waals surface area contributed by atoms with Gasteiger partial charge in [0.2, 0.25) is 0 Å². The lowest BCUT2D eigenvalue weighted by Gasteiger charge is -2.05. The lowest BCUT2D eigenvalue weighted by molar-refractivity contribution is 0.627. The van der Waals surface area contributed by atoms with E-state index in [1.165, 1.54) is 24.3 Å². The van der Waals surface area contributed by atoms with Crippen molar-refractivity contribution in [2.45, 2.75) is 0 Å². The number of nitrogens with zero attached hydrogens (tertiary/aromatic N) is 2. The van der Waals surface area contributed by atoms with Gasteiger partial charge in [0.25, 0.3) is 0 Å². The van der Waals surface area contributed by atoms with Crippen molar-refractivity contribution in [1.29, 1.82) is 0 Å². The van der Waals surface area contributed by atoms with Crippen molar-refractivity contribution in [2.24, 2.45) is 9.98 Å². The Kier molecular flexibility index (Phi) is 5.02. The SMILES string of the molecule is Fc1cccc(C=Nc2cccc3c(N=Cc4cccc(F)c4)cccc23)c1. The summed E-state index contributed by atoms with van der Waals surface area (Å²) in [5, 5.41) is 1.87. The fourth-order valence-corrected chi connectivity index (χ4v) is 2.96. The van der Waals surface area contributed by atoms with E-state index >= 15 is 0 Å². The summed E-state index contributed by atoms with van der Waals surface area (Å²) in [6, 6.07) is 24.1. The van der Waals surface area contributed by atoms with Crippen molar-refractivity contribution in [2.75, 3.05) is 0 Å². The lowest BCUT2D eigenvalue weighted by atomic mass is 10.1. The van der Waals surface area contributed by atoms with Gasteiger partial charge in [0.15, 0.2) is 0 Å². The molecule has 0 saturated carbocycles. The number of benzene rings is 4. The van der Waals surface area contributed by atoms with Gasteiger partial charge in [0.05, 0.1) is 11.4 Å². The van der Waals surface area contributed by atoms with Gasteiger partial charge in [0, 0.05) is 23.2 Å². The zero-order chi connectivity index (χ0) is 19.3. The summed E-state index contributed by atoms with van der Waals surface area (Å²) in [4.78, 5) is 9.05. The summed E-state index contributed by atoms with van der Waals surface area (Å²) >= 11 is 0. The minimum atomic E-state index is -0.296. The first-order chi connectivity index (χ1) is 13.7. The van der Waals surface area contributed by atoms with Crippen molar-refractivity contribution in [3.63, 3.8) is 0 Å². The van der Waals surface area contributed by atoms with E-state index in [0.717, 1.165) is 22.1 Å². The molecule has 0 aliphatic carbocycles. The third-order valence-corrected chi connectivity index (χ3v) is 4.28. The van der Waals surface area contributed by atoms with Crippen LogP contribution in [-0.2, 0) is 0 Å². The predicted molar refractivity (Wildman–Crippen MR) is 111 cm³/mol. The average Bonchev–Trinajstić information content (AvgIpc) is 2.71. The van der Waals surface area contributed by atoms with Crippen LogP contribution in [0.5, 0.6) is 0 Å². The summed E-state index contributed by atoms with van der Waals surface area (Å²) in [7, 11) is 0. The van der Waals surface area contributed by atoms with Gasteiger partial charge in [-0.15, -0.1) is 0 Å². The molecule has 4 heteroatoms. The number of rotatable bonds is 4. The van der Waals surface area contributed by atoms with Crippen LogP contribution in [-0.4, -0.2) is 12.4 Å². The minimum absolute atomic E-state index is 0.296. The average molecular weight is 370 g/mol. The fraction of sp³-hybridized carbons (Fsp3) is 0. The van der Waals surface area contributed by atoms with Crippen molar-refractivity contribution in [1.82, 2.24) is 0 Å². The molecule has 4 aromatic carbocycles. The Morgan fingerprint density at radius 3 is 1.39 bits per heavy atom. The van der Waals surface area contributed by atoms with Gasteiger partial charge in [-0.25, -0.2) is 8.78 Å². The molecule has 0 fully saturated rings. The molecule has 4 rings (SSSR count). The standard InChI is InChI=1S/C24H16F2N2/c25-19-7-1-5-17(13-19)15-27-23-11-3-10-22-21(23)9-4-12-24(22)28-16-18-6-2-8-20(26)14-18/h1-16H. The fourth-order valence-electron chi connectivity index (χ4n) is 2.96. The monoisotopic (exact) mass is 370 g/mol. The molecule has 0 aliphatic heterocycles. The van der Waals surface area contributed by atoms with Crippen LogP contribution in [0.4, 0.5) is 20.2 Å². The van der Waals surface area contributed by atoms with Gasteiger partial charge in [-0.05, 0) is 47.5 Å². The highest BCUT2D eigenvalue weighted by Crippen LogP contribution is 2.32. The molecule has 0 N–H and O–H groups in total. The maximum Gasteiger partial charge on any atom is 0.123 e. The van der Waals surface area contributed by atoms with E-state index in [1.807, 2.05) is 36.4 Å². The minimum Gasteiger partial charge on any atom is -0.256 e. The molecule has 0 heterocycles. The van der Waals surface area contributed by atoms with Crippen LogP contribution in [0.15, 0.2) is 94.9 Å². The summed E-state index contributed by atoms with van der Waals surface area (Å²) in [5.74, 6) is -0.591. The molecule has 0 atom stereocenters. The summed E-state index contributed by atoms with van der Waals surface area (Å²) in [6.07, 6.45) is 3.28. The van der Waals surface area contributed by atoms with E-state index in [-0.39, 0.29) is 11.6 Å². The van der Waals surface area contributed by atoms with Gasteiger partial charge in [-0.1, -0.05) is 48.5 Å². The summed E-state index contributed by atoms with van der Waals surface area (Å²) in [6.45, 7) is 0. The van der Waals surface area contributed by atoms with E-state index in [0.29, 0.717) is 11.1 Å². The third kappa shape index (κ3) is 4.01. The van der Waals surface area contributed by atoms with Crippen molar-refractivity contribution in [3.8, 4) is 0 Å². The zero-order valence-corrected chi connectivity index (χ0v) is 14.9. The molecule has 0 bridgehead atoms. The highest BCUT2D eigenvalue weighted by Gasteiger charge is 2.03. The van der Waals surface area contributed by atoms with Crippen molar-refractivity contribution < 1.29 is 8.78 Å². The topological polar surface area (TPSA) is 24.7 Å². The number of hydrogen-bond acceptors (Lipinski definition) is 2. The van der Waals surface area contributed by atoms with E-state index in [2.05, 4.69) is 9.98 Å². The van der Waals surface area contributed by atoms with Crippen LogP contribution in [0.2, 0.25) is 0 Å². The van der Waals surface area contributed by atoms with E-state index in [9.17, 15) is 8.78 Å². The van der Waals surface area contributed by atoms with Crippen LogP contribution in [0, 0.1) is 11.6 Å². The molecule has 0 amide bonds. The first kappa shape index (κ1) is 17.7. The first-order valence-corrected chi connectivity index (χ1v) is 8.80. The second-order valence-electron chi connectivity index (χ2n) is 6.28. The Morgan fingerprint density at radius 1 is 0.536 bits per heavy atom. The Morgan fingerprint density at radius 2 is 0.964 bits per heavy atom. The Labute approximate surface area is 161 Å². The molecule has 0 aromatic heterocycles. The van der Waals surface area contributed by atoms with E-state index in [1.54, 1.807) is 36.7 Å². The Balaban J connectivity index is 1.70. The molecule has 136 valence electrons. The highest BCUT2D eigenvalue weighted by atomic mass is 19.1. The van der Waals surface area contributed by atoms with Crippen LogP contribution in [0.1, 0.15) is 11.1 Å². The predicted octanol–water partition coefficient (Wildman–Crippen LogP) is 6.62. The molecule has 0 saturated heterocycles. The zero-order valence-electron chi connectivity index (χ0n) is 14.9. The number of aliphatic imine (C=N–C) groups is 2. The number of hydrogen-bond donors (Lipinski definition) is 0. The maximum absolute atomic E-state index is 13.3. The van der Waals surface area contributed by atoms with Gasteiger partial charge in [-0.3, -0.25) is 9.98 Å². The summed E-state index contributed by atoms with van der Waals surface area (Å²) in [5.41, 5.74) is 2.92. The number of halogens is 2. The van der Waals surface area contributed by atoms with Crippen LogP contribution < -0.4 is 0 Å². The quantitative estimate of drug-likeness (QED) is 0.361.